The van der Waals surface area contributed by atoms with Crippen LogP contribution in [0.5, 0.6) is 0 Å². The molecule has 0 bridgehead atoms. The Kier molecular flexibility index (Phi) is 7.34. The van der Waals surface area contributed by atoms with Crippen LogP contribution >= 0.6 is 0 Å². The lowest BCUT2D eigenvalue weighted by Crippen LogP contribution is -2.49. The number of rotatable bonds is 8. The average molecular weight is 271 g/mol. The highest BCUT2D eigenvalue weighted by Crippen LogP contribution is 2.06. The Balaban J connectivity index is 2.32. The molecule has 0 spiro atoms. The zero-order chi connectivity index (χ0) is 14.3. The molecule has 19 heavy (non-hydrogen) atoms. The van der Waals surface area contributed by atoms with Gasteiger partial charge in [-0.1, -0.05) is 13.8 Å². The highest BCUT2D eigenvalue weighted by atomic mass is 16.5. The van der Waals surface area contributed by atoms with Crippen molar-refractivity contribution in [2.75, 3.05) is 46.9 Å². The van der Waals surface area contributed by atoms with Crippen molar-refractivity contribution >= 4 is 5.97 Å². The van der Waals surface area contributed by atoms with E-state index in [1.54, 1.807) is 0 Å². The summed E-state index contributed by atoms with van der Waals surface area (Å²) in [6.07, 6.45) is 2.65. The number of esters is 1. The van der Waals surface area contributed by atoms with E-state index in [-0.39, 0.29) is 18.1 Å². The predicted octanol–water partition coefficient (Wildman–Crippen LogP) is 0.554. The number of ether oxygens (including phenoxy) is 1. The molecule has 5 nitrogen and oxygen atoms in total. The number of nitrogens with one attached hydrogen (secondary N) is 1. The van der Waals surface area contributed by atoms with Gasteiger partial charge in [0.15, 0.2) is 0 Å². The molecule has 1 heterocycles. The molecule has 1 saturated heterocycles. The van der Waals surface area contributed by atoms with Gasteiger partial charge in [0.25, 0.3) is 0 Å². The van der Waals surface area contributed by atoms with Gasteiger partial charge in [0.05, 0.1) is 7.11 Å². The van der Waals surface area contributed by atoms with Crippen molar-refractivity contribution in [3.05, 3.63) is 0 Å². The van der Waals surface area contributed by atoms with Crippen molar-refractivity contribution in [3.8, 4) is 0 Å². The van der Waals surface area contributed by atoms with Gasteiger partial charge in [0, 0.05) is 25.7 Å². The smallest absolute Gasteiger partial charge is 0.324 e. The van der Waals surface area contributed by atoms with Crippen molar-refractivity contribution in [1.29, 1.82) is 0 Å². The molecule has 0 aliphatic carbocycles. The Morgan fingerprint density at radius 3 is 2.53 bits per heavy atom. The summed E-state index contributed by atoms with van der Waals surface area (Å²) in [5.74, 6) is -0.179. The molecule has 1 fully saturated rings. The Morgan fingerprint density at radius 2 is 2.00 bits per heavy atom. The van der Waals surface area contributed by atoms with Gasteiger partial charge in [0.2, 0.25) is 0 Å². The van der Waals surface area contributed by atoms with Crippen molar-refractivity contribution in [2.24, 2.45) is 0 Å². The highest BCUT2D eigenvalue weighted by molar-refractivity contribution is 5.75. The number of hydrogen-bond donors (Lipinski definition) is 1. The maximum atomic E-state index is 11.7. The summed E-state index contributed by atoms with van der Waals surface area (Å²) in [5.41, 5.74) is 0. The summed E-state index contributed by atoms with van der Waals surface area (Å²) in [7, 11) is 3.51. The number of methoxy groups -OCH3 is 1. The van der Waals surface area contributed by atoms with Gasteiger partial charge >= 0.3 is 5.97 Å². The summed E-state index contributed by atoms with van der Waals surface area (Å²) in [6.45, 7) is 9.30. The Hall–Kier alpha value is -0.650. The van der Waals surface area contributed by atoms with Crippen LogP contribution in [-0.2, 0) is 9.53 Å². The van der Waals surface area contributed by atoms with Gasteiger partial charge in [-0.25, -0.2) is 0 Å². The fourth-order valence-corrected chi connectivity index (χ4v) is 2.46. The molecule has 5 heteroatoms. The molecule has 0 aromatic heterocycles. The van der Waals surface area contributed by atoms with E-state index in [1.165, 1.54) is 33.0 Å². The number of carbonyl (C=O) groups is 1. The molecule has 1 N–H and O–H groups in total. The molecule has 1 rings (SSSR count). The third-order valence-corrected chi connectivity index (χ3v) is 3.51. The fraction of sp³-hybridized carbons (Fsp3) is 0.929. The molecule has 1 aliphatic rings. The van der Waals surface area contributed by atoms with E-state index in [2.05, 4.69) is 22.2 Å². The summed E-state index contributed by atoms with van der Waals surface area (Å²) in [4.78, 5) is 16.4. The van der Waals surface area contributed by atoms with Crippen LogP contribution in [0.25, 0.3) is 0 Å². The highest BCUT2D eigenvalue weighted by Gasteiger charge is 2.22. The summed E-state index contributed by atoms with van der Waals surface area (Å²) >= 11 is 0. The van der Waals surface area contributed by atoms with Gasteiger partial charge in [-0.2, -0.15) is 0 Å². The molecule has 0 aromatic carbocycles. The van der Waals surface area contributed by atoms with Crippen molar-refractivity contribution in [2.45, 2.75) is 38.8 Å². The zero-order valence-corrected chi connectivity index (χ0v) is 12.8. The van der Waals surface area contributed by atoms with Crippen LogP contribution in [0.15, 0.2) is 0 Å². The molecule has 0 radical (unpaired) electrons. The number of nitrogens with zero attached hydrogens (tertiary/aromatic N) is 2. The second kappa shape index (κ2) is 8.51. The molecule has 1 aliphatic heterocycles. The number of likely N-dealkylation sites (tertiary alicyclic amines) is 1. The number of carbonyl (C=O) groups excluding carboxylic acids is 1. The van der Waals surface area contributed by atoms with Crippen LogP contribution in [0.4, 0.5) is 0 Å². The van der Waals surface area contributed by atoms with Gasteiger partial charge < -0.3 is 19.9 Å². The second-order valence-corrected chi connectivity index (χ2v) is 5.71. The van der Waals surface area contributed by atoms with Gasteiger partial charge in [-0.3, -0.25) is 4.79 Å². The van der Waals surface area contributed by atoms with Crippen LogP contribution in [0.3, 0.4) is 0 Å². The lowest BCUT2D eigenvalue weighted by atomic mass is 10.2. The normalized spacial score (nSPS) is 18.2. The van der Waals surface area contributed by atoms with Crippen LogP contribution < -0.4 is 5.32 Å². The monoisotopic (exact) mass is 271 g/mol. The number of likely N-dealkylation sites (N-methyl/N-ethyl adjacent to an activating group) is 1. The molecular formula is C14H29N3O2. The van der Waals surface area contributed by atoms with Crippen LogP contribution in [-0.4, -0.2) is 74.7 Å². The second-order valence-electron chi connectivity index (χ2n) is 5.71. The molecule has 1 unspecified atom stereocenters. The quantitative estimate of drug-likeness (QED) is 0.653. The van der Waals surface area contributed by atoms with E-state index >= 15 is 0 Å². The van der Waals surface area contributed by atoms with Crippen LogP contribution in [0.2, 0.25) is 0 Å². The van der Waals surface area contributed by atoms with Crippen LogP contribution in [0.1, 0.15) is 26.7 Å². The van der Waals surface area contributed by atoms with Gasteiger partial charge in [-0.05, 0) is 33.0 Å². The molecule has 0 aromatic rings. The zero-order valence-electron chi connectivity index (χ0n) is 12.8. The van der Waals surface area contributed by atoms with Crippen LogP contribution in [0, 0.1) is 0 Å². The first kappa shape index (κ1) is 16.4. The molecule has 0 amide bonds. The summed E-state index contributed by atoms with van der Waals surface area (Å²) < 4.78 is 4.85. The first-order valence-corrected chi connectivity index (χ1v) is 7.27. The molecule has 1 atom stereocenters. The Bertz CT molecular complexity index is 265. The van der Waals surface area contributed by atoms with Crippen molar-refractivity contribution in [3.63, 3.8) is 0 Å². The lowest BCUT2D eigenvalue weighted by molar-refractivity contribution is -0.143. The molecular weight excluding hydrogens is 242 g/mol. The Labute approximate surface area is 117 Å². The third kappa shape index (κ3) is 6.36. The molecule has 112 valence electrons. The maximum Gasteiger partial charge on any atom is 0.324 e. The lowest BCUT2D eigenvalue weighted by Gasteiger charge is -2.26. The van der Waals surface area contributed by atoms with Crippen molar-refractivity contribution in [1.82, 2.24) is 15.1 Å². The van der Waals surface area contributed by atoms with E-state index in [4.69, 9.17) is 4.74 Å². The first-order valence-electron chi connectivity index (χ1n) is 7.27. The largest absolute Gasteiger partial charge is 0.468 e. The van der Waals surface area contributed by atoms with Gasteiger partial charge in [-0.15, -0.1) is 0 Å². The van der Waals surface area contributed by atoms with E-state index in [0.717, 1.165) is 13.1 Å². The minimum absolute atomic E-state index is 0.179. The van der Waals surface area contributed by atoms with E-state index < -0.39 is 0 Å². The van der Waals surface area contributed by atoms with E-state index in [0.29, 0.717) is 6.54 Å². The van der Waals surface area contributed by atoms with Crippen molar-refractivity contribution < 1.29 is 9.53 Å². The minimum atomic E-state index is -0.242. The average Bonchev–Trinajstić information content (AvgIpc) is 2.87. The summed E-state index contributed by atoms with van der Waals surface area (Å²) in [5, 5.41) is 3.26. The Morgan fingerprint density at radius 1 is 1.37 bits per heavy atom. The van der Waals surface area contributed by atoms with E-state index in [9.17, 15) is 4.79 Å². The number of hydrogen-bond acceptors (Lipinski definition) is 5. The standard InChI is InChI=1S/C14H29N3O2/c1-12(2)15-13(14(18)19-4)11-16(3)9-10-17-7-5-6-8-17/h12-13,15H,5-11H2,1-4H3. The van der Waals surface area contributed by atoms with Gasteiger partial charge in [0.1, 0.15) is 6.04 Å². The third-order valence-electron chi connectivity index (χ3n) is 3.51. The van der Waals surface area contributed by atoms with E-state index in [1.807, 2.05) is 13.8 Å². The first-order chi connectivity index (χ1) is 9.02. The summed E-state index contributed by atoms with van der Waals surface area (Å²) in [6, 6.07) is 0.0321. The fourth-order valence-electron chi connectivity index (χ4n) is 2.46. The predicted molar refractivity (Wildman–Crippen MR) is 77.2 cm³/mol. The molecule has 0 saturated carbocycles. The SMILES string of the molecule is COC(=O)C(CN(C)CCN1CCCC1)NC(C)C. The topological polar surface area (TPSA) is 44.8 Å². The maximum absolute atomic E-state index is 11.7. The minimum Gasteiger partial charge on any atom is -0.468 e.